The number of aromatic carboxylic acids is 1. The van der Waals surface area contributed by atoms with Gasteiger partial charge < -0.3 is 19.3 Å². The van der Waals surface area contributed by atoms with Gasteiger partial charge in [0.2, 0.25) is 0 Å². The van der Waals surface area contributed by atoms with E-state index in [1.54, 1.807) is 6.20 Å². The van der Waals surface area contributed by atoms with Crippen molar-refractivity contribution in [1.29, 1.82) is 0 Å². The number of hydrogen-bond acceptors (Lipinski definition) is 4. The third-order valence-electron chi connectivity index (χ3n) is 6.83. The van der Waals surface area contributed by atoms with Crippen LogP contribution in [0, 0.1) is 24.6 Å². The molecule has 0 atom stereocenters. The highest BCUT2D eigenvalue weighted by molar-refractivity contribution is 5.94. The summed E-state index contributed by atoms with van der Waals surface area (Å²) in [5, 5.41) is 10.7. The van der Waals surface area contributed by atoms with Gasteiger partial charge in [0.25, 0.3) is 0 Å². The number of carbonyl (C=O) groups is 1. The van der Waals surface area contributed by atoms with Crippen LogP contribution >= 0.6 is 0 Å². The minimum atomic E-state index is -1.15. The smallest absolute Gasteiger partial charge is 0.337 e. The van der Waals surface area contributed by atoms with Gasteiger partial charge in [-0.15, -0.1) is 0 Å². The molecule has 2 saturated heterocycles. The van der Waals surface area contributed by atoms with Crippen molar-refractivity contribution in [3.63, 3.8) is 0 Å². The molecule has 0 unspecified atom stereocenters. The molecule has 32 heavy (non-hydrogen) atoms. The first kappa shape index (κ1) is 21.1. The number of hydrogen-bond donors (Lipinski definition) is 1. The van der Waals surface area contributed by atoms with Gasteiger partial charge in [0.05, 0.1) is 23.0 Å². The van der Waals surface area contributed by atoms with E-state index >= 15 is 0 Å². The van der Waals surface area contributed by atoms with Crippen LogP contribution in [0.4, 0.5) is 4.39 Å². The number of fused-ring (bicyclic) bond motifs is 1. The number of nitrogens with zero attached hydrogens (tertiary/aromatic N) is 3. The predicted octanol–water partition coefficient (Wildman–Crippen LogP) is 4.07. The molecular weight excluding hydrogens is 409 g/mol. The zero-order valence-electron chi connectivity index (χ0n) is 18.3. The lowest BCUT2D eigenvalue weighted by atomic mass is 9.89. The molecule has 4 heterocycles. The van der Waals surface area contributed by atoms with Crippen molar-refractivity contribution in [2.24, 2.45) is 11.8 Å². The predicted molar refractivity (Wildman–Crippen MR) is 120 cm³/mol. The molecule has 3 aromatic rings. The van der Waals surface area contributed by atoms with E-state index in [-0.39, 0.29) is 5.56 Å². The van der Waals surface area contributed by atoms with Crippen LogP contribution in [0.15, 0.2) is 36.8 Å². The summed E-state index contributed by atoms with van der Waals surface area (Å²) in [6, 6.07) is 3.91. The molecule has 0 bridgehead atoms. The van der Waals surface area contributed by atoms with Crippen molar-refractivity contribution in [1.82, 2.24) is 14.5 Å². The maximum absolute atomic E-state index is 13.7. The van der Waals surface area contributed by atoms with Crippen molar-refractivity contribution >= 4 is 16.9 Å². The van der Waals surface area contributed by atoms with Crippen LogP contribution in [0.25, 0.3) is 16.6 Å². The summed E-state index contributed by atoms with van der Waals surface area (Å²) >= 11 is 0. The van der Waals surface area contributed by atoms with E-state index in [1.165, 1.54) is 17.7 Å². The van der Waals surface area contributed by atoms with Crippen molar-refractivity contribution in [3.05, 3.63) is 59.3 Å². The molecule has 2 fully saturated rings. The fourth-order valence-corrected chi connectivity index (χ4v) is 5.24. The second-order valence-electron chi connectivity index (χ2n) is 9.19. The van der Waals surface area contributed by atoms with Crippen LogP contribution in [0.2, 0.25) is 0 Å². The number of carboxylic acids is 1. The lowest BCUT2D eigenvalue weighted by molar-refractivity contribution is 0.0254. The van der Waals surface area contributed by atoms with E-state index in [1.807, 2.05) is 23.9 Å². The summed E-state index contributed by atoms with van der Waals surface area (Å²) in [6.07, 6.45) is 8.87. The first-order valence-electron chi connectivity index (χ1n) is 11.3. The van der Waals surface area contributed by atoms with E-state index in [0.717, 1.165) is 80.6 Å². The van der Waals surface area contributed by atoms with Crippen LogP contribution in [0.3, 0.4) is 0 Å². The maximum Gasteiger partial charge on any atom is 0.337 e. The molecule has 1 aromatic carbocycles. The number of carboxylic acid groups (broad SMARTS) is 1. The van der Waals surface area contributed by atoms with Gasteiger partial charge in [-0.1, -0.05) is 0 Å². The Morgan fingerprint density at radius 3 is 2.75 bits per heavy atom. The first-order chi connectivity index (χ1) is 15.5. The van der Waals surface area contributed by atoms with E-state index in [9.17, 15) is 14.3 Å². The second-order valence-corrected chi connectivity index (χ2v) is 9.19. The number of rotatable bonds is 6. The molecule has 0 spiro atoms. The Balaban J connectivity index is 1.40. The van der Waals surface area contributed by atoms with Gasteiger partial charge in [0.15, 0.2) is 0 Å². The molecule has 6 nitrogen and oxygen atoms in total. The molecule has 0 saturated carbocycles. The van der Waals surface area contributed by atoms with Crippen LogP contribution in [-0.2, 0) is 11.2 Å². The zero-order chi connectivity index (χ0) is 22.2. The lowest BCUT2D eigenvalue weighted by Crippen LogP contribution is -2.49. The summed E-state index contributed by atoms with van der Waals surface area (Å²) in [5.41, 5.74) is 3.51. The van der Waals surface area contributed by atoms with Gasteiger partial charge in [0.1, 0.15) is 5.82 Å². The SMILES string of the molecule is Cc1cncc2c1c(CC1CN(CC3CCOCC3)C1)cn2-c1ccc(F)cc1C(=O)O. The van der Waals surface area contributed by atoms with Crippen LogP contribution in [-0.4, -0.2) is 58.4 Å². The monoisotopic (exact) mass is 437 g/mol. The Labute approximate surface area is 186 Å². The number of ether oxygens (including phenoxy) is 1. The molecule has 5 rings (SSSR count). The third kappa shape index (κ3) is 4.02. The van der Waals surface area contributed by atoms with Crippen LogP contribution in [0.1, 0.15) is 34.3 Å². The number of aryl methyl sites for hydroxylation is 1. The lowest BCUT2D eigenvalue weighted by Gasteiger charge is -2.42. The second kappa shape index (κ2) is 8.64. The number of likely N-dealkylation sites (tertiary alicyclic amines) is 1. The molecule has 7 heteroatoms. The van der Waals surface area contributed by atoms with Crippen molar-refractivity contribution in [3.8, 4) is 5.69 Å². The van der Waals surface area contributed by atoms with Gasteiger partial charge in [0, 0.05) is 50.6 Å². The summed E-state index contributed by atoms with van der Waals surface area (Å²) in [4.78, 5) is 18.7. The van der Waals surface area contributed by atoms with E-state index in [0.29, 0.717) is 11.6 Å². The molecule has 168 valence electrons. The largest absolute Gasteiger partial charge is 0.478 e. The number of aromatic nitrogens is 2. The normalized spacial score (nSPS) is 18.2. The molecule has 2 aromatic heterocycles. The molecular formula is C25H28FN3O3. The number of halogens is 1. The third-order valence-corrected chi connectivity index (χ3v) is 6.83. The first-order valence-corrected chi connectivity index (χ1v) is 11.3. The Kier molecular flexibility index (Phi) is 5.69. The maximum atomic E-state index is 13.7. The van der Waals surface area contributed by atoms with Gasteiger partial charge in [-0.3, -0.25) is 4.98 Å². The molecule has 2 aliphatic rings. The Hall–Kier alpha value is -2.77. The van der Waals surface area contributed by atoms with Gasteiger partial charge in [-0.25, -0.2) is 9.18 Å². The number of benzene rings is 1. The fourth-order valence-electron chi connectivity index (χ4n) is 5.24. The average Bonchev–Trinajstić information content (AvgIpc) is 3.12. The van der Waals surface area contributed by atoms with Crippen molar-refractivity contribution < 1.29 is 19.0 Å². The molecule has 2 aliphatic heterocycles. The highest BCUT2D eigenvalue weighted by atomic mass is 19.1. The number of pyridine rings is 1. The van der Waals surface area contributed by atoms with Gasteiger partial charge >= 0.3 is 5.97 Å². The highest BCUT2D eigenvalue weighted by Gasteiger charge is 2.30. The van der Waals surface area contributed by atoms with Gasteiger partial charge in [-0.05, 0) is 67.3 Å². The standard InChI is InChI=1S/C25H28FN3O3/c1-16-10-27-11-23-24(16)19(8-18-13-28(14-18)12-17-4-6-32-7-5-17)15-29(23)22-3-2-20(26)9-21(22)25(30)31/h2-3,9-11,15,17-18H,4-8,12-14H2,1H3,(H,30,31). The minimum Gasteiger partial charge on any atom is -0.478 e. The molecule has 0 amide bonds. The summed E-state index contributed by atoms with van der Waals surface area (Å²) in [5.74, 6) is -0.385. The van der Waals surface area contributed by atoms with Crippen LogP contribution in [0.5, 0.6) is 0 Å². The quantitative estimate of drug-likeness (QED) is 0.630. The molecule has 0 aliphatic carbocycles. The van der Waals surface area contributed by atoms with E-state index in [4.69, 9.17) is 4.74 Å². The Bertz CT molecular complexity index is 1150. The minimum absolute atomic E-state index is 0.0544. The summed E-state index contributed by atoms with van der Waals surface area (Å²) in [7, 11) is 0. The zero-order valence-corrected chi connectivity index (χ0v) is 18.3. The summed E-state index contributed by atoms with van der Waals surface area (Å²) < 4.78 is 21.1. The van der Waals surface area contributed by atoms with Crippen LogP contribution < -0.4 is 0 Å². The summed E-state index contributed by atoms with van der Waals surface area (Å²) in [6.45, 7) is 7.13. The van der Waals surface area contributed by atoms with Gasteiger partial charge in [-0.2, -0.15) is 0 Å². The van der Waals surface area contributed by atoms with E-state index < -0.39 is 11.8 Å². The van der Waals surface area contributed by atoms with E-state index in [2.05, 4.69) is 9.88 Å². The molecule has 0 radical (unpaired) electrons. The average molecular weight is 438 g/mol. The molecule has 1 N–H and O–H groups in total. The topological polar surface area (TPSA) is 67.6 Å². The van der Waals surface area contributed by atoms with Crippen molar-refractivity contribution in [2.75, 3.05) is 32.8 Å². The Morgan fingerprint density at radius 2 is 2.00 bits per heavy atom. The fraction of sp³-hybridized carbons (Fsp3) is 0.440. The Morgan fingerprint density at radius 1 is 1.22 bits per heavy atom. The highest BCUT2D eigenvalue weighted by Crippen LogP contribution is 2.32. The van der Waals surface area contributed by atoms with Crippen molar-refractivity contribution in [2.45, 2.75) is 26.2 Å².